The molecule has 1 aromatic carbocycles. The lowest BCUT2D eigenvalue weighted by Gasteiger charge is -2.18. The van der Waals surface area contributed by atoms with Gasteiger partial charge in [0, 0.05) is 7.05 Å². The molecule has 12 heteroatoms. The van der Waals surface area contributed by atoms with Gasteiger partial charge >= 0.3 is 6.18 Å². The van der Waals surface area contributed by atoms with E-state index in [-0.39, 0.29) is 26.6 Å². The SMILES string of the molecule is CCCOc1ccc(C(F)(F)F)cc1NC(=O)CN(C)S(=O)(=O)c1ccc(Cl)s1. The van der Waals surface area contributed by atoms with E-state index >= 15 is 0 Å². The Kier molecular flexibility index (Phi) is 7.55. The number of nitrogens with zero attached hydrogens (tertiary/aromatic N) is 1. The van der Waals surface area contributed by atoms with Crippen LogP contribution in [0.5, 0.6) is 5.75 Å². The van der Waals surface area contributed by atoms with Crippen LogP contribution in [0.3, 0.4) is 0 Å². The van der Waals surface area contributed by atoms with E-state index < -0.39 is 34.2 Å². The van der Waals surface area contributed by atoms with Crippen molar-refractivity contribution in [3.63, 3.8) is 0 Å². The highest BCUT2D eigenvalue weighted by atomic mass is 35.5. The smallest absolute Gasteiger partial charge is 0.416 e. The zero-order valence-electron chi connectivity index (χ0n) is 15.4. The van der Waals surface area contributed by atoms with Gasteiger partial charge in [-0.15, -0.1) is 11.3 Å². The number of sulfonamides is 1. The van der Waals surface area contributed by atoms with Gasteiger partial charge in [-0.05, 0) is 36.8 Å². The standard InChI is InChI=1S/C17H18ClF3N2O4S2/c1-3-8-27-13-5-4-11(17(19,20)21)9-12(13)22-15(24)10-23(2)29(25,26)16-7-6-14(18)28-16/h4-7,9H,3,8,10H2,1-2H3,(H,22,24). The molecule has 160 valence electrons. The van der Waals surface area contributed by atoms with E-state index in [1.165, 1.54) is 19.2 Å². The quantitative estimate of drug-likeness (QED) is 0.617. The monoisotopic (exact) mass is 470 g/mol. The van der Waals surface area contributed by atoms with E-state index in [9.17, 15) is 26.4 Å². The number of carbonyl (C=O) groups is 1. The van der Waals surface area contributed by atoms with E-state index in [0.717, 1.165) is 33.8 Å². The van der Waals surface area contributed by atoms with Crippen molar-refractivity contribution in [3.05, 3.63) is 40.2 Å². The van der Waals surface area contributed by atoms with Crippen LogP contribution in [0, 0.1) is 0 Å². The third-order valence-electron chi connectivity index (χ3n) is 3.62. The highest BCUT2D eigenvalue weighted by Crippen LogP contribution is 2.35. The molecule has 0 spiro atoms. The van der Waals surface area contributed by atoms with E-state index in [1.54, 1.807) is 0 Å². The minimum absolute atomic E-state index is 0.0520. The number of hydrogen-bond donors (Lipinski definition) is 1. The second-order valence-electron chi connectivity index (χ2n) is 5.92. The maximum absolute atomic E-state index is 13.0. The van der Waals surface area contributed by atoms with Gasteiger partial charge in [0.15, 0.2) is 0 Å². The summed E-state index contributed by atoms with van der Waals surface area (Å²) in [5, 5.41) is 2.30. The zero-order chi connectivity index (χ0) is 21.8. The van der Waals surface area contributed by atoms with Crippen LogP contribution in [0.4, 0.5) is 18.9 Å². The Hall–Kier alpha value is -1.82. The predicted molar refractivity (Wildman–Crippen MR) is 105 cm³/mol. The Bertz CT molecular complexity index is 977. The van der Waals surface area contributed by atoms with E-state index in [4.69, 9.17) is 16.3 Å². The van der Waals surface area contributed by atoms with Crippen molar-refractivity contribution < 1.29 is 31.1 Å². The summed E-state index contributed by atoms with van der Waals surface area (Å²) in [6, 6.07) is 5.42. The van der Waals surface area contributed by atoms with Crippen LogP contribution in [0.25, 0.3) is 0 Å². The molecule has 1 aromatic heterocycles. The van der Waals surface area contributed by atoms with Crippen molar-refractivity contribution in [2.75, 3.05) is 25.5 Å². The molecule has 0 fully saturated rings. The summed E-state index contributed by atoms with van der Waals surface area (Å²) in [5.41, 5.74) is -1.16. The highest BCUT2D eigenvalue weighted by Gasteiger charge is 2.32. The molecule has 0 atom stereocenters. The number of hydrogen-bond acceptors (Lipinski definition) is 5. The van der Waals surface area contributed by atoms with Crippen LogP contribution in [-0.4, -0.2) is 38.8 Å². The average molecular weight is 471 g/mol. The molecule has 0 bridgehead atoms. The van der Waals surface area contributed by atoms with Crippen molar-refractivity contribution in [2.24, 2.45) is 0 Å². The van der Waals surface area contributed by atoms with Crippen LogP contribution >= 0.6 is 22.9 Å². The summed E-state index contributed by atoms with van der Waals surface area (Å²) in [7, 11) is -2.78. The summed E-state index contributed by atoms with van der Waals surface area (Å²) < 4.78 is 70.3. The fourth-order valence-corrected chi connectivity index (χ4v) is 5.03. The summed E-state index contributed by atoms with van der Waals surface area (Å²) in [6.45, 7) is 1.45. The topological polar surface area (TPSA) is 75.7 Å². The summed E-state index contributed by atoms with van der Waals surface area (Å²) in [5.74, 6) is -0.761. The Morgan fingerprint density at radius 3 is 2.52 bits per heavy atom. The number of halogens is 4. The number of alkyl halides is 3. The van der Waals surface area contributed by atoms with Crippen molar-refractivity contribution in [1.29, 1.82) is 0 Å². The molecule has 29 heavy (non-hydrogen) atoms. The molecule has 1 amide bonds. The van der Waals surface area contributed by atoms with Crippen molar-refractivity contribution in [1.82, 2.24) is 4.31 Å². The molecule has 0 saturated carbocycles. The summed E-state index contributed by atoms with van der Waals surface area (Å²) >= 11 is 6.57. The molecule has 0 saturated heterocycles. The fourth-order valence-electron chi connectivity index (χ4n) is 2.21. The van der Waals surface area contributed by atoms with Gasteiger partial charge in [-0.2, -0.15) is 17.5 Å². The Balaban J connectivity index is 2.20. The molecule has 1 heterocycles. The molecule has 2 aromatic rings. The van der Waals surface area contributed by atoms with Crippen LogP contribution in [0.15, 0.2) is 34.5 Å². The minimum Gasteiger partial charge on any atom is -0.491 e. The van der Waals surface area contributed by atoms with Crippen LogP contribution < -0.4 is 10.1 Å². The lowest BCUT2D eigenvalue weighted by molar-refractivity contribution is -0.137. The molecule has 2 rings (SSSR count). The number of amides is 1. The van der Waals surface area contributed by atoms with E-state index in [2.05, 4.69) is 5.32 Å². The van der Waals surface area contributed by atoms with Crippen molar-refractivity contribution in [2.45, 2.75) is 23.7 Å². The van der Waals surface area contributed by atoms with Gasteiger partial charge in [-0.25, -0.2) is 8.42 Å². The maximum atomic E-state index is 13.0. The third kappa shape index (κ3) is 6.08. The number of likely N-dealkylation sites (N-methyl/N-ethyl adjacent to an activating group) is 1. The lowest BCUT2D eigenvalue weighted by atomic mass is 10.1. The van der Waals surface area contributed by atoms with Gasteiger partial charge in [0.25, 0.3) is 10.0 Å². The normalized spacial score (nSPS) is 12.2. The maximum Gasteiger partial charge on any atom is 0.416 e. The number of nitrogens with one attached hydrogen (secondary N) is 1. The molecule has 0 radical (unpaired) electrons. The first-order chi connectivity index (χ1) is 13.4. The molecule has 6 nitrogen and oxygen atoms in total. The highest BCUT2D eigenvalue weighted by molar-refractivity contribution is 7.91. The number of thiophene rings is 1. The van der Waals surface area contributed by atoms with Crippen LogP contribution in [0.1, 0.15) is 18.9 Å². The molecule has 0 aliphatic carbocycles. The van der Waals surface area contributed by atoms with E-state index in [0.29, 0.717) is 6.42 Å². The predicted octanol–water partition coefficient (Wildman–Crippen LogP) is 4.47. The number of ether oxygens (including phenoxy) is 1. The average Bonchev–Trinajstić information content (AvgIpc) is 3.06. The molecule has 0 aliphatic rings. The van der Waals surface area contributed by atoms with Gasteiger partial charge in [-0.1, -0.05) is 18.5 Å². The molecule has 0 aliphatic heterocycles. The summed E-state index contributed by atoms with van der Waals surface area (Å²) in [4.78, 5) is 12.3. The van der Waals surface area contributed by atoms with Gasteiger partial charge in [0.05, 0.1) is 28.7 Å². The Morgan fingerprint density at radius 2 is 1.97 bits per heavy atom. The number of anilines is 1. The second kappa shape index (κ2) is 9.33. The first-order valence-electron chi connectivity index (χ1n) is 8.30. The first kappa shape index (κ1) is 23.5. The lowest BCUT2D eigenvalue weighted by Crippen LogP contribution is -2.34. The van der Waals surface area contributed by atoms with Gasteiger partial charge in [0.1, 0.15) is 9.96 Å². The van der Waals surface area contributed by atoms with Crippen molar-refractivity contribution in [3.8, 4) is 5.75 Å². The largest absolute Gasteiger partial charge is 0.491 e. The molecular formula is C17H18ClF3N2O4S2. The number of rotatable bonds is 8. The van der Waals surface area contributed by atoms with Crippen LogP contribution in [0.2, 0.25) is 4.34 Å². The zero-order valence-corrected chi connectivity index (χ0v) is 17.8. The van der Waals surface area contributed by atoms with Crippen molar-refractivity contribution >= 4 is 44.6 Å². The Morgan fingerprint density at radius 1 is 1.28 bits per heavy atom. The van der Waals surface area contributed by atoms with Gasteiger partial charge < -0.3 is 10.1 Å². The molecular weight excluding hydrogens is 453 g/mol. The first-order valence-corrected chi connectivity index (χ1v) is 10.9. The molecule has 0 unspecified atom stereocenters. The Labute approximate surface area is 175 Å². The third-order valence-corrected chi connectivity index (χ3v) is 7.12. The number of benzene rings is 1. The van der Waals surface area contributed by atoms with E-state index in [1.807, 2.05) is 6.92 Å². The fraction of sp³-hybridized carbons (Fsp3) is 0.353. The van der Waals surface area contributed by atoms with Crippen LogP contribution in [-0.2, 0) is 21.0 Å². The summed E-state index contributed by atoms with van der Waals surface area (Å²) in [6.07, 6.45) is -4.00. The second-order valence-corrected chi connectivity index (χ2v) is 9.91. The molecule has 1 N–H and O–H groups in total. The van der Waals surface area contributed by atoms with Gasteiger partial charge in [-0.3, -0.25) is 4.79 Å². The number of carbonyl (C=O) groups excluding carboxylic acids is 1. The minimum atomic E-state index is -4.61. The van der Waals surface area contributed by atoms with Gasteiger partial charge in [0.2, 0.25) is 5.91 Å².